The number of carbonyl (C=O) groups is 1. The third-order valence-corrected chi connectivity index (χ3v) is 4.12. The molecule has 3 N–H and O–H groups in total. The number of benzene rings is 1. The van der Waals surface area contributed by atoms with E-state index in [0.717, 1.165) is 16.5 Å². The predicted octanol–water partition coefficient (Wildman–Crippen LogP) is 1.81. The van der Waals surface area contributed by atoms with Gasteiger partial charge in [-0.05, 0) is 60.1 Å². The number of carbonyl (C=O) groups excluding carboxylic acids is 1. The van der Waals surface area contributed by atoms with Crippen molar-refractivity contribution in [3.63, 3.8) is 0 Å². The maximum Gasteiger partial charge on any atom is 0.257 e. The van der Waals surface area contributed by atoms with Crippen molar-refractivity contribution in [1.29, 1.82) is 0 Å². The number of hydrogen-bond acceptors (Lipinski definition) is 3. The van der Waals surface area contributed by atoms with Gasteiger partial charge in [0, 0.05) is 22.7 Å². The van der Waals surface area contributed by atoms with Gasteiger partial charge >= 0.3 is 0 Å². The Morgan fingerprint density at radius 2 is 2.33 bits per heavy atom. The lowest BCUT2D eigenvalue weighted by Gasteiger charge is -2.18. The Morgan fingerprint density at radius 3 is 2.94 bits per heavy atom. The zero-order chi connectivity index (χ0) is 13.3. The van der Waals surface area contributed by atoms with Crippen LogP contribution in [-0.2, 0) is 0 Å². The van der Waals surface area contributed by atoms with Crippen LogP contribution >= 0.6 is 22.6 Å². The molecular formula is C13H17IN2O2. The smallest absolute Gasteiger partial charge is 0.257 e. The average Bonchev–Trinajstić information content (AvgIpc) is 2.81. The fraction of sp³-hybridized carbons (Fsp3) is 0.462. The number of halogens is 1. The molecule has 1 heterocycles. The molecule has 18 heavy (non-hydrogen) atoms. The average molecular weight is 360 g/mol. The first-order valence-corrected chi connectivity index (χ1v) is 7.10. The first kappa shape index (κ1) is 13.6. The molecule has 2 atom stereocenters. The van der Waals surface area contributed by atoms with Crippen LogP contribution in [0.2, 0.25) is 0 Å². The predicted molar refractivity (Wildman–Crippen MR) is 78.5 cm³/mol. The van der Waals surface area contributed by atoms with Crippen molar-refractivity contribution >= 4 is 28.5 Å². The summed E-state index contributed by atoms with van der Waals surface area (Å²) >= 11 is 2.13. The summed E-state index contributed by atoms with van der Waals surface area (Å²) in [7, 11) is 0. The van der Waals surface area contributed by atoms with Gasteiger partial charge in [-0.3, -0.25) is 4.79 Å². The van der Waals surface area contributed by atoms with E-state index in [4.69, 9.17) is 5.73 Å². The molecule has 0 spiro atoms. The van der Waals surface area contributed by atoms with E-state index < -0.39 is 0 Å². The lowest BCUT2D eigenvalue weighted by molar-refractivity contribution is 0.0783. The molecule has 1 aromatic carbocycles. The maximum absolute atomic E-state index is 12.3. The maximum atomic E-state index is 12.3. The van der Waals surface area contributed by atoms with Crippen molar-refractivity contribution in [2.45, 2.75) is 19.4 Å². The molecule has 1 aliphatic heterocycles. The number of hydrogen-bond donors (Lipinski definition) is 2. The fourth-order valence-corrected chi connectivity index (χ4v) is 2.74. The molecule has 5 heteroatoms. The summed E-state index contributed by atoms with van der Waals surface area (Å²) in [6, 6.07) is 5.17. The van der Waals surface area contributed by atoms with Crippen molar-refractivity contribution in [3.05, 3.63) is 27.3 Å². The lowest BCUT2D eigenvalue weighted by atomic mass is 10.0. The van der Waals surface area contributed by atoms with E-state index >= 15 is 0 Å². The molecule has 0 aliphatic carbocycles. The Bertz CT molecular complexity index is 462. The Morgan fingerprint density at radius 1 is 1.61 bits per heavy atom. The quantitative estimate of drug-likeness (QED) is 0.791. The van der Waals surface area contributed by atoms with Crippen LogP contribution in [0.15, 0.2) is 18.2 Å². The zero-order valence-electron chi connectivity index (χ0n) is 10.3. The van der Waals surface area contributed by atoms with E-state index in [2.05, 4.69) is 22.6 Å². The zero-order valence-corrected chi connectivity index (χ0v) is 12.4. The van der Waals surface area contributed by atoms with Crippen LogP contribution in [-0.4, -0.2) is 35.0 Å². The molecule has 0 radical (unpaired) electrons. The van der Waals surface area contributed by atoms with Crippen molar-refractivity contribution < 1.29 is 9.90 Å². The molecule has 98 valence electrons. The number of nitrogens with zero attached hydrogens (tertiary/aromatic N) is 1. The highest BCUT2D eigenvalue weighted by Crippen LogP contribution is 2.25. The van der Waals surface area contributed by atoms with Gasteiger partial charge in [-0.2, -0.15) is 0 Å². The minimum Gasteiger partial charge on any atom is -0.507 e. The summed E-state index contributed by atoms with van der Waals surface area (Å²) in [6.45, 7) is 3.37. The SMILES string of the molecule is CC(N)C1CCN(C(=O)c2cc(I)ccc2O)C1. The summed E-state index contributed by atoms with van der Waals surface area (Å²) in [5, 5.41) is 9.77. The number of phenols is 1. The normalized spacial score (nSPS) is 21.1. The molecule has 0 saturated carbocycles. The van der Waals surface area contributed by atoms with Crippen LogP contribution in [0.3, 0.4) is 0 Å². The van der Waals surface area contributed by atoms with E-state index in [1.54, 1.807) is 23.1 Å². The number of amides is 1. The summed E-state index contributed by atoms with van der Waals surface area (Å²) < 4.78 is 0.941. The number of rotatable bonds is 2. The van der Waals surface area contributed by atoms with Crippen molar-refractivity contribution in [2.75, 3.05) is 13.1 Å². The number of likely N-dealkylation sites (tertiary alicyclic amines) is 1. The van der Waals surface area contributed by atoms with Gasteiger partial charge in [-0.15, -0.1) is 0 Å². The molecular weight excluding hydrogens is 343 g/mol. The number of aromatic hydroxyl groups is 1. The first-order valence-electron chi connectivity index (χ1n) is 6.02. The topological polar surface area (TPSA) is 66.6 Å². The van der Waals surface area contributed by atoms with Gasteiger partial charge in [-0.25, -0.2) is 0 Å². The van der Waals surface area contributed by atoms with Crippen LogP contribution < -0.4 is 5.73 Å². The number of nitrogens with two attached hydrogens (primary N) is 1. The summed E-state index contributed by atoms with van der Waals surface area (Å²) in [6.07, 6.45) is 0.939. The molecule has 1 fully saturated rings. The van der Waals surface area contributed by atoms with Gasteiger partial charge in [0.25, 0.3) is 5.91 Å². The van der Waals surface area contributed by atoms with E-state index in [9.17, 15) is 9.90 Å². The molecule has 1 amide bonds. The molecule has 2 unspecified atom stereocenters. The highest BCUT2D eigenvalue weighted by molar-refractivity contribution is 14.1. The van der Waals surface area contributed by atoms with Crippen molar-refractivity contribution in [1.82, 2.24) is 4.90 Å². The Labute approximate surface area is 120 Å². The second-order valence-electron chi connectivity index (χ2n) is 4.82. The molecule has 0 bridgehead atoms. The largest absolute Gasteiger partial charge is 0.507 e. The molecule has 1 aromatic rings. The molecule has 1 saturated heterocycles. The van der Waals surface area contributed by atoms with E-state index in [1.165, 1.54) is 0 Å². The lowest BCUT2D eigenvalue weighted by Crippen LogP contribution is -2.33. The van der Waals surface area contributed by atoms with E-state index in [0.29, 0.717) is 18.0 Å². The highest BCUT2D eigenvalue weighted by atomic mass is 127. The molecule has 1 aliphatic rings. The molecule has 2 rings (SSSR count). The monoisotopic (exact) mass is 360 g/mol. The van der Waals surface area contributed by atoms with Gasteiger partial charge in [0.1, 0.15) is 5.75 Å². The van der Waals surface area contributed by atoms with Gasteiger partial charge in [0.2, 0.25) is 0 Å². The van der Waals surface area contributed by atoms with Crippen molar-refractivity contribution in [3.8, 4) is 5.75 Å². The summed E-state index contributed by atoms with van der Waals surface area (Å²) in [5.74, 6) is 0.303. The standard InChI is InChI=1S/C13H17IN2O2/c1-8(15)9-4-5-16(7-9)13(18)11-6-10(14)2-3-12(11)17/h2-3,6,8-9,17H,4-5,7,15H2,1H3. The third-order valence-electron chi connectivity index (χ3n) is 3.44. The van der Waals surface area contributed by atoms with Gasteiger partial charge in [-0.1, -0.05) is 0 Å². The van der Waals surface area contributed by atoms with Crippen LogP contribution in [0.25, 0.3) is 0 Å². The minimum absolute atomic E-state index is 0.0460. The van der Waals surface area contributed by atoms with Crippen LogP contribution in [0, 0.1) is 9.49 Å². The van der Waals surface area contributed by atoms with Crippen LogP contribution in [0.4, 0.5) is 0 Å². The van der Waals surface area contributed by atoms with Crippen LogP contribution in [0.5, 0.6) is 5.75 Å². The second kappa shape index (κ2) is 5.44. The first-order chi connectivity index (χ1) is 8.49. The van der Waals surface area contributed by atoms with E-state index in [-0.39, 0.29) is 17.7 Å². The Hall–Kier alpha value is -0.820. The summed E-state index contributed by atoms with van der Waals surface area (Å²) in [5.41, 5.74) is 6.25. The Balaban J connectivity index is 2.15. The van der Waals surface area contributed by atoms with Crippen LogP contribution in [0.1, 0.15) is 23.7 Å². The number of phenolic OH excluding ortho intramolecular Hbond substituents is 1. The fourth-order valence-electron chi connectivity index (χ4n) is 2.25. The van der Waals surface area contributed by atoms with E-state index in [1.807, 2.05) is 6.92 Å². The summed E-state index contributed by atoms with van der Waals surface area (Å²) in [4.78, 5) is 14.1. The third kappa shape index (κ3) is 2.77. The highest BCUT2D eigenvalue weighted by Gasteiger charge is 2.29. The van der Waals surface area contributed by atoms with Gasteiger partial charge < -0.3 is 15.7 Å². The second-order valence-corrected chi connectivity index (χ2v) is 6.07. The van der Waals surface area contributed by atoms with Gasteiger partial charge in [0.05, 0.1) is 5.56 Å². The minimum atomic E-state index is -0.103. The Kier molecular flexibility index (Phi) is 4.11. The molecule has 4 nitrogen and oxygen atoms in total. The van der Waals surface area contributed by atoms with Crippen molar-refractivity contribution in [2.24, 2.45) is 11.7 Å². The van der Waals surface area contributed by atoms with Gasteiger partial charge in [0.15, 0.2) is 0 Å². The molecule has 0 aromatic heterocycles.